The fraction of sp³-hybridized carbons (Fsp3) is 0.417. The molecule has 0 heterocycles. The Balaban J connectivity index is 2.09. The van der Waals surface area contributed by atoms with Gasteiger partial charge in [-0.1, -0.05) is 54.4 Å². The Morgan fingerprint density at radius 3 is 2.39 bits per heavy atom. The van der Waals surface area contributed by atoms with Gasteiger partial charge in [-0.25, -0.2) is 0 Å². The zero-order chi connectivity index (χ0) is 22.8. The van der Waals surface area contributed by atoms with E-state index in [1.165, 1.54) is 0 Å². The lowest BCUT2D eigenvalue weighted by molar-refractivity contribution is -0.141. The van der Waals surface area contributed by atoms with Crippen LogP contribution in [-0.4, -0.2) is 35.4 Å². The van der Waals surface area contributed by atoms with Crippen LogP contribution in [0, 0.1) is 0 Å². The second-order valence-electron chi connectivity index (χ2n) is 7.62. The van der Waals surface area contributed by atoms with E-state index in [9.17, 15) is 9.59 Å². The van der Waals surface area contributed by atoms with Gasteiger partial charge < -0.3 is 15.0 Å². The summed E-state index contributed by atoms with van der Waals surface area (Å²) >= 11 is 12.2. The van der Waals surface area contributed by atoms with Crippen LogP contribution >= 0.6 is 23.2 Å². The SMILES string of the molecule is CC[C@H](C(=O)NC(C)C)N(Cc1ccc(Cl)c(Cl)c1)C(=O)CCCOc1ccccc1. The monoisotopic (exact) mass is 464 g/mol. The molecule has 0 saturated carbocycles. The molecular weight excluding hydrogens is 435 g/mol. The molecule has 0 aliphatic carbocycles. The van der Waals surface area contributed by atoms with Crippen molar-refractivity contribution in [3.05, 3.63) is 64.1 Å². The first-order chi connectivity index (χ1) is 14.8. The summed E-state index contributed by atoms with van der Waals surface area (Å²) in [6.45, 7) is 6.40. The van der Waals surface area contributed by atoms with Crippen LogP contribution in [0.5, 0.6) is 5.75 Å². The maximum absolute atomic E-state index is 13.1. The molecule has 0 aromatic heterocycles. The molecule has 31 heavy (non-hydrogen) atoms. The van der Waals surface area contributed by atoms with Gasteiger partial charge in [0, 0.05) is 19.0 Å². The van der Waals surface area contributed by atoms with E-state index < -0.39 is 6.04 Å². The number of hydrogen-bond donors (Lipinski definition) is 1. The number of amides is 2. The van der Waals surface area contributed by atoms with Gasteiger partial charge in [0.15, 0.2) is 0 Å². The number of ether oxygens (including phenoxy) is 1. The van der Waals surface area contributed by atoms with Crippen molar-refractivity contribution in [1.82, 2.24) is 10.2 Å². The topological polar surface area (TPSA) is 58.6 Å². The second-order valence-corrected chi connectivity index (χ2v) is 8.44. The quantitative estimate of drug-likeness (QED) is 0.447. The van der Waals surface area contributed by atoms with E-state index in [4.69, 9.17) is 27.9 Å². The summed E-state index contributed by atoms with van der Waals surface area (Å²) < 4.78 is 5.69. The Bertz CT molecular complexity index is 859. The first-order valence-electron chi connectivity index (χ1n) is 10.5. The van der Waals surface area contributed by atoms with Crippen molar-refractivity contribution >= 4 is 35.0 Å². The maximum Gasteiger partial charge on any atom is 0.243 e. The molecule has 0 unspecified atom stereocenters. The molecule has 0 bridgehead atoms. The Hall–Kier alpha value is -2.24. The molecule has 0 spiro atoms. The Morgan fingerprint density at radius 1 is 1.06 bits per heavy atom. The van der Waals surface area contributed by atoms with Crippen molar-refractivity contribution in [2.24, 2.45) is 0 Å². The van der Waals surface area contributed by atoms with Gasteiger partial charge in [-0.3, -0.25) is 9.59 Å². The molecule has 0 radical (unpaired) electrons. The zero-order valence-corrected chi connectivity index (χ0v) is 19.7. The molecule has 2 aromatic rings. The van der Waals surface area contributed by atoms with Crippen LogP contribution in [0.15, 0.2) is 48.5 Å². The molecular formula is C24H30Cl2N2O3. The lowest BCUT2D eigenvalue weighted by Gasteiger charge is -2.31. The minimum atomic E-state index is -0.570. The van der Waals surface area contributed by atoms with Crippen LogP contribution in [0.3, 0.4) is 0 Å². The van der Waals surface area contributed by atoms with Gasteiger partial charge in [0.1, 0.15) is 11.8 Å². The van der Waals surface area contributed by atoms with Gasteiger partial charge in [-0.2, -0.15) is 0 Å². The lowest BCUT2D eigenvalue weighted by Crippen LogP contribution is -2.50. The summed E-state index contributed by atoms with van der Waals surface area (Å²) in [7, 11) is 0. The summed E-state index contributed by atoms with van der Waals surface area (Å²) in [6.07, 6.45) is 1.33. The average Bonchev–Trinajstić information content (AvgIpc) is 2.73. The van der Waals surface area contributed by atoms with Crippen molar-refractivity contribution in [2.45, 2.75) is 58.7 Å². The number of carbonyl (C=O) groups excluding carboxylic acids is 2. The van der Waals surface area contributed by atoms with E-state index in [1.807, 2.05) is 57.2 Å². The van der Waals surface area contributed by atoms with Crippen LogP contribution in [-0.2, 0) is 16.1 Å². The average molecular weight is 465 g/mol. The van der Waals surface area contributed by atoms with Crippen LogP contribution in [0.1, 0.15) is 45.6 Å². The highest BCUT2D eigenvalue weighted by molar-refractivity contribution is 6.42. The molecule has 5 nitrogen and oxygen atoms in total. The highest BCUT2D eigenvalue weighted by atomic mass is 35.5. The first-order valence-corrected chi connectivity index (χ1v) is 11.3. The minimum Gasteiger partial charge on any atom is -0.494 e. The van der Waals surface area contributed by atoms with Crippen molar-refractivity contribution in [3.8, 4) is 5.75 Å². The van der Waals surface area contributed by atoms with Crippen molar-refractivity contribution in [1.29, 1.82) is 0 Å². The molecule has 7 heteroatoms. The Morgan fingerprint density at radius 2 is 1.77 bits per heavy atom. The fourth-order valence-corrected chi connectivity index (χ4v) is 3.53. The molecule has 1 atom stereocenters. The smallest absolute Gasteiger partial charge is 0.243 e. The summed E-state index contributed by atoms with van der Waals surface area (Å²) in [6, 6.07) is 14.1. The molecule has 2 rings (SSSR count). The number of halogens is 2. The third kappa shape index (κ3) is 8.08. The number of benzene rings is 2. The highest BCUT2D eigenvalue weighted by Gasteiger charge is 2.28. The molecule has 1 N–H and O–H groups in total. The Labute approximate surface area is 194 Å². The molecule has 2 amide bonds. The molecule has 2 aromatic carbocycles. The van der Waals surface area contributed by atoms with E-state index in [0.717, 1.165) is 11.3 Å². The van der Waals surface area contributed by atoms with E-state index in [1.54, 1.807) is 17.0 Å². The summed E-state index contributed by atoms with van der Waals surface area (Å²) in [5.74, 6) is 0.505. The maximum atomic E-state index is 13.1. The summed E-state index contributed by atoms with van der Waals surface area (Å²) in [4.78, 5) is 27.5. The fourth-order valence-electron chi connectivity index (χ4n) is 3.21. The van der Waals surface area contributed by atoms with E-state index in [-0.39, 0.29) is 30.8 Å². The summed E-state index contributed by atoms with van der Waals surface area (Å²) in [5.41, 5.74) is 0.819. The third-order valence-corrected chi connectivity index (χ3v) is 5.44. The van der Waals surface area contributed by atoms with Gasteiger partial charge in [0.2, 0.25) is 11.8 Å². The molecule has 0 aliphatic heterocycles. The standard InChI is InChI=1S/C24H30Cl2N2O3/c1-4-22(24(30)27-17(2)3)28(16-18-12-13-20(25)21(26)15-18)23(29)11-8-14-31-19-9-6-5-7-10-19/h5-7,9-10,12-13,15,17,22H,4,8,11,14,16H2,1-3H3,(H,27,30)/t22-/m1/s1. The van der Waals surface area contributed by atoms with Gasteiger partial charge in [0.05, 0.1) is 16.7 Å². The van der Waals surface area contributed by atoms with E-state index in [2.05, 4.69) is 5.32 Å². The van der Waals surface area contributed by atoms with E-state index in [0.29, 0.717) is 29.5 Å². The van der Waals surface area contributed by atoms with E-state index >= 15 is 0 Å². The van der Waals surface area contributed by atoms with Crippen LogP contribution < -0.4 is 10.1 Å². The van der Waals surface area contributed by atoms with Crippen molar-refractivity contribution in [3.63, 3.8) is 0 Å². The minimum absolute atomic E-state index is 0.0113. The number of hydrogen-bond acceptors (Lipinski definition) is 3. The first kappa shape index (κ1) is 25.0. The van der Waals surface area contributed by atoms with Crippen LogP contribution in [0.4, 0.5) is 0 Å². The molecule has 0 aliphatic rings. The zero-order valence-electron chi connectivity index (χ0n) is 18.2. The van der Waals surface area contributed by atoms with Gasteiger partial charge in [0.25, 0.3) is 0 Å². The third-order valence-electron chi connectivity index (χ3n) is 4.70. The van der Waals surface area contributed by atoms with Gasteiger partial charge >= 0.3 is 0 Å². The highest BCUT2D eigenvalue weighted by Crippen LogP contribution is 2.24. The number of nitrogens with one attached hydrogen (secondary N) is 1. The number of para-hydroxylation sites is 1. The van der Waals surface area contributed by atoms with Crippen LogP contribution in [0.2, 0.25) is 10.0 Å². The Kier molecular flexibility index (Phi) is 10.2. The second kappa shape index (κ2) is 12.6. The van der Waals surface area contributed by atoms with Gasteiger partial charge in [-0.15, -0.1) is 0 Å². The predicted octanol–water partition coefficient (Wildman–Crippen LogP) is 5.48. The van der Waals surface area contributed by atoms with Gasteiger partial charge in [-0.05, 0) is 56.5 Å². The normalized spacial score (nSPS) is 11.8. The summed E-state index contributed by atoms with van der Waals surface area (Å²) in [5, 5.41) is 3.79. The number of rotatable bonds is 11. The van der Waals surface area contributed by atoms with Crippen molar-refractivity contribution in [2.75, 3.05) is 6.61 Å². The molecule has 0 saturated heterocycles. The predicted molar refractivity (Wildman–Crippen MR) is 126 cm³/mol. The molecule has 168 valence electrons. The van der Waals surface area contributed by atoms with Crippen LogP contribution in [0.25, 0.3) is 0 Å². The number of carbonyl (C=O) groups is 2. The van der Waals surface area contributed by atoms with Crippen molar-refractivity contribution < 1.29 is 14.3 Å². The lowest BCUT2D eigenvalue weighted by atomic mass is 10.1. The molecule has 0 fully saturated rings. The largest absolute Gasteiger partial charge is 0.494 e. The number of nitrogens with zero attached hydrogens (tertiary/aromatic N) is 1.